The van der Waals surface area contributed by atoms with Gasteiger partial charge in [-0.1, -0.05) is 6.07 Å². The Kier molecular flexibility index (Phi) is 5.32. The molecule has 1 rings (SSSR count). The summed E-state index contributed by atoms with van der Waals surface area (Å²) >= 11 is 1.86. The summed E-state index contributed by atoms with van der Waals surface area (Å²) in [4.78, 5) is 0. The molecule has 1 aromatic carbocycles. The number of nitrogen functional groups attached to an aromatic ring is 1. The fourth-order valence-electron chi connectivity index (χ4n) is 1.48. The van der Waals surface area contributed by atoms with Crippen LogP contribution in [0.15, 0.2) is 18.2 Å². The number of anilines is 2. The number of nitrogens with two attached hydrogens (primary N) is 1. The normalized spacial score (nSPS) is 12.2. The van der Waals surface area contributed by atoms with Crippen molar-refractivity contribution in [2.24, 2.45) is 0 Å². The van der Waals surface area contributed by atoms with E-state index in [9.17, 15) is 0 Å². The average Bonchev–Trinajstić information content (AvgIpc) is 2.29. The second kappa shape index (κ2) is 6.53. The third-order valence-corrected chi connectivity index (χ3v) is 3.09. The van der Waals surface area contributed by atoms with Crippen molar-refractivity contribution in [3.63, 3.8) is 0 Å². The van der Waals surface area contributed by atoms with Crippen molar-refractivity contribution >= 4 is 23.1 Å². The Bertz CT molecular complexity index is 331. The summed E-state index contributed by atoms with van der Waals surface area (Å²) in [6.45, 7) is 2.16. The predicted octanol–water partition coefficient (Wildman–Crippen LogP) is 2.83. The minimum atomic E-state index is 0.418. The Morgan fingerprint density at radius 2 is 2.25 bits per heavy atom. The number of thioether (sulfide) groups is 1. The maximum atomic E-state index is 5.98. The van der Waals surface area contributed by atoms with Crippen molar-refractivity contribution in [3.05, 3.63) is 18.2 Å². The molecule has 1 unspecified atom stereocenters. The third kappa shape index (κ3) is 3.52. The zero-order chi connectivity index (χ0) is 12.0. The van der Waals surface area contributed by atoms with Gasteiger partial charge in [-0.2, -0.15) is 11.8 Å². The van der Waals surface area contributed by atoms with Crippen LogP contribution in [0.4, 0.5) is 11.4 Å². The van der Waals surface area contributed by atoms with Crippen molar-refractivity contribution in [1.82, 2.24) is 0 Å². The molecule has 0 heterocycles. The molecule has 0 aliphatic carbocycles. The lowest BCUT2D eigenvalue weighted by molar-refractivity contribution is 0.417. The number of hydrogen-bond donors (Lipinski definition) is 2. The Morgan fingerprint density at radius 1 is 1.50 bits per heavy atom. The molecule has 16 heavy (non-hydrogen) atoms. The zero-order valence-corrected chi connectivity index (χ0v) is 10.9. The number of methoxy groups -OCH3 is 1. The van der Waals surface area contributed by atoms with Gasteiger partial charge in [-0.25, -0.2) is 0 Å². The van der Waals surface area contributed by atoms with Crippen molar-refractivity contribution in [2.75, 3.05) is 30.2 Å². The van der Waals surface area contributed by atoms with E-state index in [4.69, 9.17) is 10.5 Å². The fraction of sp³-hybridized carbons (Fsp3) is 0.500. The van der Waals surface area contributed by atoms with Crippen LogP contribution < -0.4 is 15.8 Å². The molecule has 0 saturated heterocycles. The number of hydrogen-bond acceptors (Lipinski definition) is 4. The highest BCUT2D eigenvalue weighted by Gasteiger charge is 2.07. The summed E-state index contributed by atoms with van der Waals surface area (Å²) in [5, 5.41) is 3.40. The molecule has 3 N–H and O–H groups in total. The molecule has 0 saturated carbocycles. The van der Waals surface area contributed by atoms with Crippen molar-refractivity contribution in [1.29, 1.82) is 0 Å². The van der Waals surface area contributed by atoms with Gasteiger partial charge in [-0.3, -0.25) is 0 Å². The highest BCUT2D eigenvalue weighted by Crippen LogP contribution is 2.29. The van der Waals surface area contributed by atoms with E-state index in [-0.39, 0.29) is 0 Å². The molecule has 0 fully saturated rings. The van der Waals surface area contributed by atoms with E-state index >= 15 is 0 Å². The summed E-state index contributed by atoms with van der Waals surface area (Å²) < 4.78 is 5.18. The Balaban J connectivity index is 2.66. The summed E-state index contributed by atoms with van der Waals surface area (Å²) in [6.07, 6.45) is 3.24. The standard InChI is InChI=1S/C12H20N2OS/c1-9(7-8-16-3)14-10-5-4-6-11(15-2)12(10)13/h4-6,9,14H,7-8,13H2,1-3H3. The minimum Gasteiger partial charge on any atom is -0.495 e. The fourth-order valence-corrected chi connectivity index (χ4v) is 2.07. The largest absolute Gasteiger partial charge is 0.495 e. The number of ether oxygens (including phenoxy) is 1. The van der Waals surface area contributed by atoms with Crippen LogP contribution in [-0.4, -0.2) is 25.2 Å². The summed E-state index contributed by atoms with van der Waals surface area (Å²) in [7, 11) is 1.63. The topological polar surface area (TPSA) is 47.3 Å². The molecular weight excluding hydrogens is 220 g/mol. The molecule has 3 nitrogen and oxygen atoms in total. The predicted molar refractivity (Wildman–Crippen MR) is 73.5 cm³/mol. The lowest BCUT2D eigenvalue weighted by atomic mass is 10.2. The van der Waals surface area contributed by atoms with Crippen molar-refractivity contribution < 1.29 is 4.74 Å². The summed E-state index contributed by atoms with van der Waals surface area (Å²) in [5.74, 6) is 1.87. The van der Waals surface area contributed by atoms with E-state index in [1.807, 2.05) is 30.0 Å². The van der Waals surface area contributed by atoms with Gasteiger partial charge in [-0.05, 0) is 37.5 Å². The van der Waals surface area contributed by atoms with Gasteiger partial charge in [0.15, 0.2) is 0 Å². The van der Waals surface area contributed by atoms with Gasteiger partial charge in [0.05, 0.1) is 18.5 Å². The first-order chi connectivity index (χ1) is 7.69. The Morgan fingerprint density at radius 3 is 2.88 bits per heavy atom. The van der Waals surface area contributed by atoms with Gasteiger partial charge in [0.25, 0.3) is 0 Å². The van der Waals surface area contributed by atoms with Crippen molar-refractivity contribution in [2.45, 2.75) is 19.4 Å². The number of benzene rings is 1. The monoisotopic (exact) mass is 240 g/mol. The molecule has 1 atom stereocenters. The Labute approximate surface area is 102 Å². The quantitative estimate of drug-likeness (QED) is 0.751. The highest BCUT2D eigenvalue weighted by atomic mass is 32.2. The number of nitrogens with one attached hydrogen (secondary N) is 1. The maximum absolute atomic E-state index is 5.98. The molecule has 0 aliphatic rings. The highest BCUT2D eigenvalue weighted by molar-refractivity contribution is 7.98. The van der Waals surface area contributed by atoms with E-state index in [1.165, 1.54) is 0 Å². The molecule has 0 amide bonds. The Hall–Kier alpha value is -1.03. The van der Waals surface area contributed by atoms with Gasteiger partial charge >= 0.3 is 0 Å². The first kappa shape index (κ1) is 13.0. The maximum Gasteiger partial charge on any atom is 0.143 e. The smallest absolute Gasteiger partial charge is 0.143 e. The first-order valence-corrected chi connectivity index (χ1v) is 6.76. The van der Waals surface area contributed by atoms with Gasteiger partial charge in [0.2, 0.25) is 0 Å². The number of rotatable bonds is 6. The minimum absolute atomic E-state index is 0.418. The van der Waals surface area contributed by atoms with E-state index in [2.05, 4.69) is 18.5 Å². The van der Waals surface area contributed by atoms with E-state index in [0.717, 1.165) is 23.6 Å². The number of para-hydroxylation sites is 1. The van der Waals surface area contributed by atoms with Crippen LogP contribution in [0.25, 0.3) is 0 Å². The molecule has 4 heteroatoms. The summed E-state index contributed by atoms with van der Waals surface area (Å²) in [5.41, 5.74) is 7.61. The van der Waals surface area contributed by atoms with Gasteiger partial charge in [0.1, 0.15) is 5.75 Å². The molecule has 0 aliphatic heterocycles. The van der Waals surface area contributed by atoms with E-state index < -0.39 is 0 Å². The molecule has 90 valence electrons. The van der Waals surface area contributed by atoms with E-state index in [1.54, 1.807) is 7.11 Å². The van der Waals surface area contributed by atoms with E-state index in [0.29, 0.717) is 11.7 Å². The van der Waals surface area contributed by atoms with Crippen LogP contribution in [-0.2, 0) is 0 Å². The van der Waals surface area contributed by atoms with Crippen LogP contribution in [0.1, 0.15) is 13.3 Å². The molecule has 0 bridgehead atoms. The summed E-state index contributed by atoms with van der Waals surface area (Å²) in [6, 6.07) is 6.21. The second-order valence-corrected chi connectivity index (χ2v) is 4.73. The zero-order valence-electron chi connectivity index (χ0n) is 10.1. The van der Waals surface area contributed by atoms with Crippen LogP contribution >= 0.6 is 11.8 Å². The SMILES string of the molecule is COc1cccc(NC(C)CCSC)c1N. The van der Waals surface area contributed by atoms with Gasteiger partial charge in [-0.15, -0.1) is 0 Å². The second-order valence-electron chi connectivity index (χ2n) is 3.75. The van der Waals surface area contributed by atoms with Gasteiger partial charge in [0, 0.05) is 6.04 Å². The lowest BCUT2D eigenvalue weighted by Crippen LogP contribution is -2.17. The molecular formula is C12H20N2OS. The molecule has 0 spiro atoms. The van der Waals surface area contributed by atoms with Gasteiger partial charge < -0.3 is 15.8 Å². The van der Waals surface area contributed by atoms with Crippen molar-refractivity contribution in [3.8, 4) is 5.75 Å². The first-order valence-electron chi connectivity index (χ1n) is 5.37. The lowest BCUT2D eigenvalue weighted by Gasteiger charge is -2.17. The van der Waals surface area contributed by atoms with Crippen LogP contribution in [0.2, 0.25) is 0 Å². The average molecular weight is 240 g/mol. The molecule has 0 aromatic heterocycles. The van der Waals surface area contributed by atoms with Crippen LogP contribution in [0, 0.1) is 0 Å². The van der Waals surface area contributed by atoms with Crippen LogP contribution in [0.5, 0.6) is 5.75 Å². The molecule has 0 radical (unpaired) electrons. The molecule has 1 aromatic rings. The van der Waals surface area contributed by atoms with Crippen LogP contribution in [0.3, 0.4) is 0 Å². The third-order valence-electron chi connectivity index (χ3n) is 2.44.